The maximum absolute atomic E-state index is 13.1. The molecule has 0 aromatic carbocycles. The van der Waals surface area contributed by atoms with Gasteiger partial charge in [-0.3, -0.25) is 18.6 Å². The summed E-state index contributed by atoms with van der Waals surface area (Å²) in [4.78, 5) is 42.1. The van der Waals surface area contributed by atoms with Gasteiger partial charge in [0.05, 0.1) is 6.04 Å². The van der Waals surface area contributed by atoms with Crippen LogP contribution >= 0.6 is 0 Å². The summed E-state index contributed by atoms with van der Waals surface area (Å²) in [5.41, 5.74) is 0.675. The van der Waals surface area contributed by atoms with E-state index in [9.17, 15) is 14.4 Å². The van der Waals surface area contributed by atoms with Gasteiger partial charge in [-0.1, -0.05) is 26.2 Å². The number of fused-ring (bicyclic) bond motifs is 3. The van der Waals surface area contributed by atoms with Gasteiger partial charge in [0.1, 0.15) is 0 Å². The first-order valence-electron chi connectivity index (χ1n) is 9.49. The summed E-state index contributed by atoms with van der Waals surface area (Å²) < 4.78 is 6.20. The highest BCUT2D eigenvalue weighted by atomic mass is 16.2. The lowest BCUT2D eigenvalue weighted by Crippen LogP contribution is -2.42. The molecule has 0 aliphatic rings. The number of carbonyl (C=O) groups excluding carboxylic acids is 1. The van der Waals surface area contributed by atoms with E-state index in [1.54, 1.807) is 18.4 Å². The highest BCUT2D eigenvalue weighted by Crippen LogP contribution is 2.18. The third-order valence-electron chi connectivity index (χ3n) is 5.30. The van der Waals surface area contributed by atoms with Gasteiger partial charge >= 0.3 is 5.69 Å². The Bertz CT molecular complexity index is 1130. The predicted molar refractivity (Wildman–Crippen MR) is 104 cm³/mol. The number of imidazole rings is 2. The van der Waals surface area contributed by atoms with E-state index in [0.717, 1.165) is 29.6 Å². The van der Waals surface area contributed by atoms with Crippen LogP contribution in [0.5, 0.6) is 0 Å². The summed E-state index contributed by atoms with van der Waals surface area (Å²) in [7, 11) is 1.58. The summed E-state index contributed by atoms with van der Waals surface area (Å²) in [6.07, 6.45) is 6.41. The van der Waals surface area contributed by atoms with Crippen molar-refractivity contribution in [2.24, 2.45) is 7.05 Å². The molecule has 3 rings (SSSR count). The molecule has 0 bridgehead atoms. The Morgan fingerprint density at radius 1 is 1.22 bits per heavy atom. The van der Waals surface area contributed by atoms with Gasteiger partial charge in [-0.25, -0.2) is 9.36 Å². The molecule has 0 aliphatic carbocycles. The van der Waals surface area contributed by atoms with Gasteiger partial charge in [-0.15, -0.1) is 0 Å². The molecule has 0 N–H and O–H groups in total. The average Bonchev–Trinajstić information content (AvgIpc) is 3.12. The van der Waals surface area contributed by atoms with E-state index in [1.165, 1.54) is 24.3 Å². The Balaban J connectivity index is 2.24. The molecular weight excluding hydrogens is 346 g/mol. The molecule has 8 nitrogen and oxygen atoms in total. The van der Waals surface area contributed by atoms with Crippen LogP contribution in [-0.4, -0.2) is 28.9 Å². The van der Waals surface area contributed by atoms with Gasteiger partial charge in [0, 0.05) is 25.5 Å². The standard InChI is InChI=1S/C19H27N5O3/c1-6-7-8-9-10-22-12(2)11-23-15-16(20-18(22)23)21(5)19(27)24(17(15)26)13(3)14(4)25/h11,13H,6-10H2,1-5H3/t13-/m0/s1. The van der Waals surface area contributed by atoms with Crippen molar-refractivity contribution >= 4 is 22.7 Å². The van der Waals surface area contributed by atoms with Crippen LogP contribution in [0.15, 0.2) is 15.8 Å². The molecule has 3 aromatic heterocycles. The fourth-order valence-electron chi connectivity index (χ4n) is 3.52. The Morgan fingerprint density at radius 3 is 2.56 bits per heavy atom. The van der Waals surface area contributed by atoms with Crippen LogP contribution in [-0.2, 0) is 18.4 Å². The molecule has 0 amide bonds. The van der Waals surface area contributed by atoms with Crippen LogP contribution in [0.2, 0.25) is 0 Å². The Labute approximate surface area is 157 Å². The van der Waals surface area contributed by atoms with E-state index in [1.807, 2.05) is 13.1 Å². The van der Waals surface area contributed by atoms with Crippen LogP contribution in [0.4, 0.5) is 0 Å². The van der Waals surface area contributed by atoms with Gasteiger partial charge in [-0.2, -0.15) is 4.98 Å². The van der Waals surface area contributed by atoms with Gasteiger partial charge in [0.15, 0.2) is 16.9 Å². The minimum absolute atomic E-state index is 0.237. The van der Waals surface area contributed by atoms with Crippen molar-refractivity contribution < 1.29 is 4.79 Å². The molecule has 1 atom stereocenters. The summed E-state index contributed by atoms with van der Waals surface area (Å²) in [6, 6.07) is -0.816. The van der Waals surface area contributed by atoms with E-state index in [-0.39, 0.29) is 5.78 Å². The molecule has 3 heterocycles. The highest BCUT2D eigenvalue weighted by molar-refractivity contribution is 5.80. The molecule has 0 aliphatic heterocycles. The molecule has 0 spiro atoms. The van der Waals surface area contributed by atoms with Crippen LogP contribution in [0.3, 0.4) is 0 Å². The van der Waals surface area contributed by atoms with Gasteiger partial charge in [-0.05, 0) is 27.2 Å². The maximum atomic E-state index is 13.1. The summed E-state index contributed by atoms with van der Waals surface area (Å²) in [5, 5.41) is 0. The Kier molecular flexibility index (Phi) is 5.08. The SMILES string of the molecule is CCCCCCn1c(C)cn2c3c(=O)n([C@@H](C)C(C)=O)c(=O)n(C)c3nc12. The molecule has 27 heavy (non-hydrogen) atoms. The van der Waals surface area contributed by atoms with Crippen LogP contribution < -0.4 is 11.2 Å². The minimum Gasteiger partial charge on any atom is -0.314 e. The minimum atomic E-state index is -0.816. The van der Waals surface area contributed by atoms with Crippen LogP contribution in [0.25, 0.3) is 16.9 Å². The largest absolute Gasteiger partial charge is 0.333 e. The second-order valence-corrected chi connectivity index (χ2v) is 7.24. The smallest absolute Gasteiger partial charge is 0.314 e. The summed E-state index contributed by atoms with van der Waals surface area (Å²) >= 11 is 0. The van der Waals surface area contributed by atoms with Crippen molar-refractivity contribution in [3.8, 4) is 0 Å². The lowest BCUT2D eigenvalue weighted by molar-refractivity contribution is -0.119. The normalized spacial score (nSPS) is 12.9. The zero-order valence-corrected chi connectivity index (χ0v) is 16.7. The zero-order chi connectivity index (χ0) is 19.9. The Morgan fingerprint density at radius 2 is 1.93 bits per heavy atom. The number of carbonyl (C=O) groups is 1. The van der Waals surface area contributed by atoms with Crippen LogP contribution in [0, 0.1) is 6.92 Å². The van der Waals surface area contributed by atoms with Crippen molar-refractivity contribution in [1.82, 2.24) is 23.1 Å². The molecule has 0 saturated heterocycles. The van der Waals surface area contributed by atoms with Crippen molar-refractivity contribution in [2.45, 2.75) is 66.0 Å². The van der Waals surface area contributed by atoms with Crippen molar-refractivity contribution in [1.29, 1.82) is 0 Å². The van der Waals surface area contributed by atoms with E-state index in [0.29, 0.717) is 16.9 Å². The second kappa shape index (κ2) is 7.17. The maximum Gasteiger partial charge on any atom is 0.333 e. The predicted octanol–water partition coefficient (Wildman–Crippen LogP) is 2.19. The molecule has 0 fully saturated rings. The summed E-state index contributed by atoms with van der Waals surface area (Å²) in [5.74, 6) is 0.415. The monoisotopic (exact) mass is 373 g/mol. The first-order chi connectivity index (χ1) is 12.8. The molecule has 0 saturated carbocycles. The van der Waals surface area contributed by atoms with E-state index in [2.05, 4.69) is 16.5 Å². The number of nitrogens with zero attached hydrogens (tertiary/aromatic N) is 5. The van der Waals surface area contributed by atoms with Gasteiger partial charge in [0.2, 0.25) is 5.78 Å². The fourth-order valence-corrected chi connectivity index (χ4v) is 3.52. The Hall–Kier alpha value is -2.64. The number of ketones is 1. The van der Waals surface area contributed by atoms with E-state index >= 15 is 0 Å². The fraction of sp³-hybridized carbons (Fsp3) is 0.579. The van der Waals surface area contributed by atoms with E-state index < -0.39 is 17.3 Å². The zero-order valence-electron chi connectivity index (χ0n) is 16.7. The molecule has 0 unspecified atom stereocenters. The average molecular weight is 373 g/mol. The van der Waals surface area contributed by atoms with Gasteiger partial charge in [0.25, 0.3) is 5.56 Å². The lowest BCUT2D eigenvalue weighted by Gasteiger charge is -2.12. The highest BCUT2D eigenvalue weighted by Gasteiger charge is 2.23. The van der Waals surface area contributed by atoms with Crippen molar-refractivity contribution in [2.75, 3.05) is 0 Å². The van der Waals surface area contributed by atoms with E-state index in [4.69, 9.17) is 0 Å². The topological polar surface area (TPSA) is 83.3 Å². The molecule has 8 heteroatoms. The number of aromatic nitrogens is 5. The first kappa shape index (κ1) is 19.1. The third-order valence-corrected chi connectivity index (χ3v) is 5.30. The number of hydrogen-bond donors (Lipinski definition) is 0. The third kappa shape index (κ3) is 3.02. The molecular formula is C19H27N5O3. The molecule has 0 radical (unpaired) electrons. The number of unbranched alkanes of at least 4 members (excludes halogenated alkanes) is 3. The molecule has 3 aromatic rings. The number of aryl methyl sites for hydroxylation is 3. The second-order valence-electron chi connectivity index (χ2n) is 7.24. The van der Waals surface area contributed by atoms with Crippen molar-refractivity contribution in [3.05, 3.63) is 32.7 Å². The van der Waals surface area contributed by atoms with Gasteiger partial charge < -0.3 is 4.57 Å². The number of Topliss-reactive ketones (excluding diaryl/α,β-unsaturated/α-hetero) is 1. The number of rotatable bonds is 7. The molecule has 146 valence electrons. The summed E-state index contributed by atoms with van der Waals surface area (Å²) in [6.45, 7) is 7.92. The van der Waals surface area contributed by atoms with Crippen LogP contribution in [0.1, 0.15) is 58.2 Å². The lowest BCUT2D eigenvalue weighted by atomic mass is 10.2. The van der Waals surface area contributed by atoms with Crippen molar-refractivity contribution in [3.63, 3.8) is 0 Å². The number of hydrogen-bond acceptors (Lipinski definition) is 4. The quantitative estimate of drug-likeness (QED) is 0.594. The first-order valence-corrected chi connectivity index (χ1v) is 9.49.